The van der Waals surface area contributed by atoms with Gasteiger partial charge < -0.3 is 14.6 Å². The number of thioether (sulfide) groups is 1. The van der Waals surface area contributed by atoms with Gasteiger partial charge in [0.05, 0.1) is 12.6 Å². The number of hydrogen-bond acceptors (Lipinski definition) is 4. The molecule has 1 aromatic heterocycles. The first-order valence-electron chi connectivity index (χ1n) is 5.04. The van der Waals surface area contributed by atoms with E-state index in [0.29, 0.717) is 12.6 Å². The van der Waals surface area contributed by atoms with Crippen molar-refractivity contribution >= 4 is 17.7 Å². The molecule has 0 amide bonds. The summed E-state index contributed by atoms with van der Waals surface area (Å²) in [6.45, 7) is 3.76. The third kappa shape index (κ3) is 3.76. The summed E-state index contributed by atoms with van der Waals surface area (Å²) in [5.41, 5.74) is 0. The zero-order valence-corrected chi connectivity index (χ0v) is 10.4. The number of rotatable bonds is 7. The Morgan fingerprint density at radius 3 is 3.13 bits per heavy atom. The highest BCUT2D eigenvalue weighted by atomic mass is 32.2. The Morgan fingerprint density at radius 1 is 1.67 bits per heavy atom. The van der Waals surface area contributed by atoms with Crippen molar-refractivity contribution in [3.63, 3.8) is 0 Å². The lowest BCUT2D eigenvalue weighted by Gasteiger charge is -2.15. The van der Waals surface area contributed by atoms with Crippen molar-refractivity contribution in [1.82, 2.24) is 9.55 Å². The first-order valence-corrected chi connectivity index (χ1v) is 6.43. The number of nitrogens with zero attached hydrogens (tertiary/aromatic N) is 2. The van der Waals surface area contributed by atoms with Crippen LogP contribution in [0.15, 0.2) is 12.4 Å². The van der Waals surface area contributed by atoms with Gasteiger partial charge in [0.2, 0.25) is 5.95 Å². The number of ether oxygens (including phenoxy) is 1. The topological polar surface area (TPSA) is 39.1 Å². The molecule has 0 spiro atoms. The van der Waals surface area contributed by atoms with E-state index < -0.39 is 0 Å². The molecule has 1 N–H and O–H groups in total. The molecule has 1 aromatic rings. The molecule has 0 aliphatic heterocycles. The summed E-state index contributed by atoms with van der Waals surface area (Å²) in [6, 6.07) is 0.314. The van der Waals surface area contributed by atoms with Crippen molar-refractivity contribution in [3.05, 3.63) is 12.4 Å². The first kappa shape index (κ1) is 12.4. The van der Waals surface area contributed by atoms with Gasteiger partial charge in [-0.15, -0.1) is 0 Å². The number of methoxy groups -OCH3 is 1. The molecule has 1 unspecified atom stereocenters. The largest absolute Gasteiger partial charge is 0.383 e. The van der Waals surface area contributed by atoms with Crippen molar-refractivity contribution < 1.29 is 4.74 Å². The standard InChI is InChI=1S/C10H19N3OS/c1-9(8-14-2)13-6-4-11-10(13)12-5-7-15-3/h4,6,9H,5,7-8H2,1-3H3,(H,11,12). The molecule has 0 aliphatic rings. The quantitative estimate of drug-likeness (QED) is 0.724. The Hall–Kier alpha value is -0.680. The van der Waals surface area contributed by atoms with Crippen molar-refractivity contribution in [2.75, 3.05) is 37.6 Å². The van der Waals surface area contributed by atoms with Crippen molar-refractivity contribution in [3.8, 4) is 0 Å². The van der Waals surface area contributed by atoms with Gasteiger partial charge in [0.1, 0.15) is 0 Å². The highest BCUT2D eigenvalue weighted by Gasteiger charge is 2.08. The van der Waals surface area contributed by atoms with Crippen LogP contribution in [-0.2, 0) is 4.74 Å². The van der Waals surface area contributed by atoms with Crippen molar-refractivity contribution in [1.29, 1.82) is 0 Å². The Balaban J connectivity index is 2.52. The normalized spacial score (nSPS) is 12.7. The van der Waals surface area contributed by atoms with Crippen LogP contribution in [0.5, 0.6) is 0 Å². The van der Waals surface area contributed by atoms with Gasteiger partial charge in [-0.25, -0.2) is 4.98 Å². The van der Waals surface area contributed by atoms with Crippen molar-refractivity contribution in [2.45, 2.75) is 13.0 Å². The van der Waals surface area contributed by atoms with E-state index in [4.69, 9.17) is 4.74 Å². The summed E-state index contributed by atoms with van der Waals surface area (Å²) in [7, 11) is 1.72. The summed E-state index contributed by atoms with van der Waals surface area (Å²) in [4.78, 5) is 4.28. The van der Waals surface area contributed by atoms with Crippen LogP contribution in [-0.4, -0.2) is 41.8 Å². The van der Waals surface area contributed by atoms with E-state index in [2.05, 4.69) is 28.0 Å². The molecule has 15 heavy (non-hydrogen) atoms. The van der Waals surface area contributed by atoms with E-state index in [1.807, 2.05) is 24.2 Å². The smallest absolute Gasteiger partial charge is 0.203 e. The molecule has 1 rings (SSSR count). The third-order valence-electron chi connectivity index (χ3n) is 2.14. The molecule has 0 aliphatic carbocycles. The Labute approximate surface area is 95.4 Å². The molecular weight excluding hydrogens is 210 g/mol. The lowest BCUT2D eigenvalue weighted by molar-refractivity contribution is 0.163. The zero-order chi connectivity index (χ0) is 11.1. The fourth-order valence-electron chi connectivity index (χ4n) is 1.39. The van der Waals surface area contributed by atoms with Gasteiger partial charge in [-0.2, -0.15) is 11.8 Å². The van der Waals surface area contributed by atoms with Crippen LogP contribution >= 0.6 is 11.8 Å². The molecule has 0 saturated carbocycles. The molecule has 5 heteroatoms. The fraction of sp³-hybridized carbons (Fsp3) is 0.700. The van der Waals surface area contributed by atoms with E-state index in [-0.39, 0.29) is 0 Å². The molecule has 1 heterocycles. The number of hydrogen-bond donors (Lipinski definition) is 1. The summed E-state index contributed by atoms with van der Waals surface area (Å²) in [5.74, 6) is 2.01. The Kier molecular flexibility index (Phi) is 5.57. The van der Waals surface area contributed by atoms with Gasteiger partial charge in [0.15, 0.2) is 0 Å². The van der Waals surface area contributed by atoms with Crippen molar-refractivity contribution in [2.24, 2.45) is 0 Å². The van der Waals surface area contributed by atoms with Gasteiger partial charge >= 0.3 is 0 Å². The minimum atomic E-state index is 0.314. The number of imidazole rings is 1. The maximum absolute atomic E-state index is 5.13. The molecule has 0 bridgehead atoms. The van der Waals surface area contributed by atoms with Crippen LogP contribution in [0.4, 0.5) is 5.95 Å². The van der Waals surface area contributed by atoms with E-state index >= 15 is 0 Å². The predicted molar refractivity (Wildman–Crippen MR) is 65.7 cm³/mol. The lowest BCUT2D eigenvalue weighted by Crippen LogP contribution is -2.15. The van der Waals surface area contributed by atoms with E-state index in [1.165, 1.54) is 0 Å². The lowest BCUT2D eigenvalue weighted by atomic mass is 10.3. The molecule has 86 valence electrons. The average molecular weight is 229 g/mol. The maximum Gasteiger partial charge on any atom is 0.203 e. The number of nitrogens with one attached hydrogen (secondary N) is 1. The second-order valence-corrected chi connectivity index (χ2v) is 4.37. The molecule has 0 radical (unpaired) electrons. The van der Waals surface area contributed by atoms with Crippen LogP contribution in [0.1, 0.15) is 13.0 Å². The second-order valence-electron chi connectivity index (χ2n) is 3.38. The van der Waals surface area contributed by atoms with Gasteiger partial charge in [0, 0.05) is 31.8 Å². The Bertz CT molecular complexity index is 277. The number of aromatic nitrogens is 2. The summed E-state index contributed by atoms with van der Waals surface area (Å²) < 4.78 is 7.23. The molecule has 4 nitrogen and oxygen atoms in total. The average Bonchev–Trinajstić information content (AvgIpc) is 2.67. The summed E-state index contributed by atoms with van der Waals surface area (Å²) >= 11 is 1.82. The number of anilines is 1. The second kappa shape index (κ2) is 6.74. The van der Waals surface area contributed by atoms with E-state index in [9.17, 15) is 0 Å². The van der Waals surface area contributed by atoms with E-state index in [0.717, 1.165) is 18.2 Å². The minimum absolute atomic E-state index is 0.314. The highest BCUT2D eigenvalue weighted by molar-refractivity contribution is 7.98. The summed E-state index contributed by atoms with van der Waals surface area (Å²) in [6.07, 6.45) is 5.89. The SMILES string of the molecule is COCC(C)n1ccnc1NCCSC. The van der Waals surface area contributed by atoms with Gasteiger partial charge in [0.25, 0.3) is 0 Å². The van der Waals surface area contributed by atoms with E-state index in [1.54, 1.807) is 7.11 Å². The zero-order valence-electron chi connectivity index (χ0n) is 9.56. The molecule has 1 atom stereocenters. The molecule has 0 fully saturated rings. The van der Waals surface area contributed by atoms with Crippen LogP contribution in [0.2, 0.25) is 0 Å². The summed E-state index contributed by atoms with van der Waals surface area (Å²) in [5, 5.41) is 3.31. The minimum Gasteiger partial charge on any atom is -0.383 e. The first-order chi connectivity index (χ1) is 7.29. The molecular formula is C10H19N3OS. The highest BCUT2D eigenvalue weighted by Crippen LogP contribution is 2.13. The van der Waals surface area contributed by atoms with Crippen LogP contribution < -0.4 is 5.32 Å². The van der Waals surface area contributed by atoms with Gasteiger partial charge in [-0.3, -0.25) is 0 Å². The maximum atomic E-state index is 5.13. The monoisotopic (exact) mass is 229 g/mol. The van der Waals surface area contributed by atoms with Gasteiger partial charge in [-0.05, 0) is 13.2 Å². The molecule has 0 saturated heterocycles. The van der Waals surface area contributed by atoms with Crippen LogP contribution in [0.25, 0.3) is 0 Å². The predicted octanol–water partition coefficient (Wildman–Crippen LogP) is 1.87. The fourth-order valence-corrected chi connectivity index (χ4v) is 1.70. The van der Waals surface area contributed by atoms with Crippen LogP contribution in [0.3, 0.4) is 0 Å². The third-order valence-corrected chi connectivity index (χ3v) is 2.75. The Morgan fingerprint density at radius 2 is 2.47 bits per heavy atom. The van der Waals surface area contributed by atoms with Gasteiger partial charge in [-0.1, -0.05) is 0 Å². The van der Waals surface area contributed by atoms with Crippen LogP contribution in [0, 0.1) is 0 Å². The molecule has 0 aromatic carbocycles.